The molecule has 0 radical (unpaired) electrons. The third-order valence-corrected chi connectivity index (χ3v) is 3.18. The van der Waals surface area contributed by atoms with E-state index in [0.717, 1.165) is 15.9 Å². The molecule has 0 aliphatic heterocycles. The summed E-state index contributed by atoms with van der Waals surface area (Å²) in [5.41, 5.74) is 3.36. The fourth-order valence-corrected chi connectivity index (χ4v) is 2.18. The molecule has 0 unspecified atom stereocenters. The molecule has 3 aromatic rings. The Kier molecular flexibility index (Phi) is 2.68. The first-order valence-corrected chi connectivity index (χ1v) is 6.13. The van der Waals surface area contributed by atoms with Gasteiger partial charge in [0.2, 0.25) is 5.69 Å². The van der Waals surface area contributed by atoms with Gasteiger partial charge in [0.1, 0.15) is 12.2 Å². The van der Waals surface area contributed by atoms with E-state index < -0.39 is 0 Å². The highest BCUT2D eigenvalue weighted by Gasteiger charge is 2.14. The molecule has 0 bridgehead atoms. The van der Waals surface area contributed by atoms with E-state index in [4.69, 9.17) is 0 Å². The van der Waals surface area contributed by atoms with E-state index in [1.54, 1.807) is 18.2 Å². The number of fused-ring (bicyclic) bond motifs is 1. The van der Waals surface area contributed by atoms with Gasteiger partial charge in [-0.1, -0.05) is 23.8 Å². The summed E-state index contributed by atoms with van der Waals surface area (Å²) in [7, 11) is 0. The van der Waals surface area contributed by atoms with Gasteiger partial charge in [0.25, 0.3) is 0 Å². The molecule has 5 heteroatoms. The average molecular weight is 267 g/mol. The first kappa shape index (κ1) is 12.2. The Morgan fingerprint density at radius 3 is 2.75 bits per heavy atom. The number of aromatic nitrogens is 2. The number of benzene rings is 2. The minimum absolute atomic E-state index is 0.364. The lowest BCUT2D eigenvalue weighted by Gasteiger charge is -2.02. The molecule has 1 aromatic heterocycles. The van der Waals surface area contributed by atoms with Gasteiger partial charge < -0.3 is 10.4 Å². The predicted molar refractivity (Wildman–Crippen MR) is 77.5 cm³/mol. The van der Waals surface area contributed by atoms with Gasteiger partial charge in [-0.25, -0.2) is 4.98 Å². The van der Waals surface area contributed by atoms with Crippen molar-refractivity contribution < 1.29 is 9.95 Å². The van der Waals surface area contributed by atoms with Crippen molar-refractivity contribution in [3.63, 3.8) is 0 Å². The zero-order chi connectivity index (χ0) is 14.3. The highest BCUT2D eigenvalue weighted by molar-refractivity contribution is 5.82. The first-order chi connectivity index (χ1) is 9.56. The smallest absolute Gasteiger partial charge is 0.218 e. The molecular formula is C15H13N3O2. The predicted octanol–water partition coefficient (Wildman–Crippen LogP) is 3.09. The van der Waals surface area contributed by atoms with E-state index in [0.29, 0.717) is 27.3 Å². The third kappa shape index (κ3) is 1.89. The molecular weight excluding hydrogens is 254 g/mol. The first-order valence-electron chi connectivity index (χ1n) is 6.13. The van der Waals surface area contributed by atoms with Gasteiger partial charge in [-0.15, -0.1) is 0 Å². The van der Waals surface area contributed by atoms with Gasteiger partial charge in [-0.3, -0.25) is 0 Å². The number of rotatable bonds is 2. The van der Waals surface area contributed by atoms with Crippen molar-refractivity contribution in [1.29, 1.82) is 0 Å². The fourth-order valence-electron chi connectivity index (χ4n) is 2.18. The van der Waals surface area contributed by atoms with E-state index in [2.05, 4.69) is 11.7 Å². The van der Waals surface area contributed by atoms with Crippen LogP contribution in [0.25, 0.3) is 22.4 Å². The van der Waals surface area contributed by atoms with Crippen LogP contribution >= 0.6 is 0 Å². The molecule has 0 saturated carbocycles. The average Bonchev–Trinajstić information content (AvgIpc) is 2.76. The highest BCUT2D eigenvalue weighted by atomic mass is 16.5. The monoisotopic (exact) mass is 267 g/mol. The van der Waals surface area contributed by atoms with Crippen LogP contribution in [0.1, 0.15) is 5.56 Å². The minimum Gasteiger partial charge on any atom is -0.619 e. The standard InChI is InChI=1S/C15H13N3O2/c1-10-4-3-5-11(8-10)15-16-13-7-6-12(17(2)19)9-14(13)18(15)20/h3-9,20H,2H2,1H3. The van der Waals surface area contributed by atoms with Crippen molar-refractivity contribution in [3.8, 4) is 11.4 Å². The molecule has 0 spiro atoms. The maximum absolute atomic E-state index is 11.2. The van der Waals surface area contributed by atoms with Gasteiger partial charge in [-0.2, -0.15) is 9.47 Å². The van der Waals surface area contributed by atoms with Crippen molar-refractivity contribution in [2.45, 2.75) is 6.92 Å². The largest absolute Gasteiger partial charge is 0.619 e. The molecule has 0 fully saturated rings. The Bertz CT molecular complexity index is 821. The van der Waals surface area contributed by atoms with Gasteiger partial charge in [-0.05, 0) is 19.1 Å². The SMILES string of the molecule is C=[N+]([O-])c1ccc2nc(-c3cccc(C)c3)n(O)c2c1. The van der Waals surface area contributed by atoms with Crippen LogP contribution in [0, 0.1) is 12.1 Å². The summed E-state index contributed by atoms with van der Waals surface area (Å²) in [6.07, 6.45) is 0. The van der Waals surface area contributed by atoms with E-state index in [-0.39, 0.29) is 0 Å². The van der Waals surface area contributed by atoms with Crippen LogP contribution in [-0.4, -0.2) is 26.4 Å². The van der Waals surface area contributed by atoms with Crippen LogP contribution in [0.3, 0.4) is 0 Å². The molecule has 20 heavy (non-hydrogen) atoms. The minimum atomic E-state index is 0.364. The lowest BCUT2D eigenvalue weighted by Crippen LogP contribution is -1.95. The summed E-state index contributed by atoms with van der Waals surface area (Å²) in [6, 6.07) is 12.6. The normalized spacial score (nSPS) is 10.8. The number of hydrogen-bond acceptors (Lipinski definition) is 3. The Morgan fingerprint density at radius 1 is 1.25 bits per heavy atom. The van der Waals surface area contributed by atoms with Crippen molar-refractivity contribution in [2.75, 3.05) is 0 Å². The lowest BCUT2D eigenvalue weighted by atomic mass is 10.1. The molecule has 0 aliphatic carbocycles. The molecule has 0 aliphatic rings. The zero-order valence-electron chi connectivity index (χ0n) is 10.9. The molecule has 2 aromatic carbocycles. The van der Waals surface area contributed by atoms with Crippen LogP contribution in [0.5, 0.6) is 0 Å². The van der Waals surface area contributed by atoms with Crippen LogP contribution < -0.4 is 0 Å². The van der Waals surface area contributed by atoms with Crippen molar-refractivity contribution in [2.24, 2.45) is 0 Å². The lowest BCUT2D eigenvalue weighted by molar-refractivity contribution is -0.349. The molecule has 0 saturated heterocycles. The third-order valence-electron chi connectivity index (χ3n) is 3.18. The van der Waals surface area contributed by atoms with Crippen LogP contribution in [0.4, 0.5) is 5.69 Å². The van der Waals surface area contributed by atoms with E-state index >= 15 is 0 Å². The molecule has 0 atom stereocenters. The quantitative estimate of drug-likeness (QED) is 0.255. The second-order valence-electron chi connectivity index (χ2n) is 4.67. The number of hydrogen-bond donors (Lipinski definition) is 1. The topological polar surface area (TPSA) is 64.1 Å². The maximum atomic E-state index is 11.2. The zero-order valence-corrected chi connectivity index (χ0v) is 10.9. The second-order valence-corrected chi connectivity index (χ2v) is 4.67. The Labute approximate surface area is 115 Å². The Morgan fingerprint density at radius 2 is 2.05 bits per heavy atom. The van der Waals surface area contributed by atoms with Crippen LogP contribution in [0.15, 0.2) is 42.5 Å². The highest BCUT2D eigenvalue weighted by Crippen LogP contribution is 2.26. The molecule has 0 amide bonds. The van der Waals surface area contributed by atoms with E-state index in [1.807, 2.05) is 31.2 Å². The maximum Gasteiger partial charge on any atom is 0.218 e. The molecule has 5 nitrogen and oxygen atoms in total. The van der Waals surface area contributed by atoms with Gasteiger partial charge in [0, 0.05) is 17.7 Å². The van der Waals surface area contributed by atoms with Crippen LogP contribution in [-0.2, 0) is 0 Å². The summed E-state index contributed by atoms with van der Waals surface area (Å²) >= 11 is 0. The summed E-state index contributed by atoms with van der Waals surface area (Å²) in [5.74, 6) is 0.447. The Balaban J connectivity index is 2.23. The van der Waals surface area contributed by atoms with Crippen LogP contribution in [0.2, 0.25) is 0 Å². The molecule has 3 rings (SSSR count). The molecule has 1 heterocycles. The second kappa shape index (κ2) is 4.38. The van der Waals surface area contributed by atoms with E-state index in [9.17, 15) is 10.4 Å². The van der Waals surface area contributed by atoms with E-state index in [1.165, 1.54) is 0 Å². The number of nitrogens with zero attached hydrogens (tertiary/aromatic N) is 3. The number of aryl methyl sites for hydroxylation is 1. The molecule has 100 valence electrons. The van der Waals surface area contributed by atoms with Crippen molar-refractivity contribution in [1.82, 2.24) is 9.71 Å². The van der Waals surface area contributed by atoms with Gasteiger partial charge >= 0.3 is 0 Å². The summed E-state index contributed by atoms with van der Waals surface area (Å²) < 4.78 is 1.50. The molecule has 1 N–H and O–H groups in total. The van der Waals surface area contributed by atoms with Gasteiger partial charge in [0.05, 0.1) is 5.52 Å². The summed E-state index contributed by atoms with van der Waals surface area (Å²) in [5, 5.41) is 21.5. The Hall–Kier alpha value is -2.82. The van der Waals surface area contributed by atoms with Crippen molar-refractivity contribution in [3.05, 3.63) is 53.2 Å². The summed E-state index contributed by atoms with van der Waals surface area (Å²) in [6.45, 7) is 5.26. The van der Waals surface area contributed by atoms with Crippen molar-refractivity contribution >= 4 is 23.4 Å². The summed E-state index contributed by atoms with van der Waals surface area (Å²) in [4.78, 5) is 4.40. The fraction of sp³-hybridized carbons (Fsp3) is 0.0667. The van der Waals surface area contributed by atoms with Gasteiger partial charge in [0.15, 0.2) is 5.82 Å². The number of imidazole rings is 1.